The lowest BCUT2D eigenvalue weighted by Crippen LogP contribution is -2.43. The van der Waals surface area contributed by atoms with Crippen LogP contribution in [-0.2, 0) is 4.79 Å². The van der Waals surface area contributed by atoms with E-state index in [2.05, 4.69) is 4.98 Å². The average Bonchev–Trinajstić information content (AvgIpc) is 2.37. The van der Waals surface area contributed by atoms with Crippen LogP contribution in [0.15, 0.2) is 12.3 Å². The van der Waals surface area contributed by atoms with Gasteiger partial charge >= 0.3 is 11.7 Å². The molecule has 1 aromatic rings. The molecule has 108 valence electrons. The molecule has 0 aliphatic carbocycles. The zero-order chi connectivity index (χ0) is 14.9. The molecule has 1 N–H and O–H groups in total. The van der Waals surface area contributed by atoms with Gasteiger partial charge in [0, 0.05) is 24.8 Å². The lowest BCUT2D eigenvalue weighted by atomic mass is 9.90. The first kappa shape index (κ1) is 14.2. The lowest BCUT2D eigenvalue weighted by Gasteiger charge is -2.35. The normalized spacial score (nSPS) is 22.6. The molecule has 0 amide bonds. The Labute approximate surface area is 116 Å². The van der Waals surface area contributed by atoms with Crippen molar-refractivity contribution in [2.75, 3.05) is 18.0 Å². The molecule has 0 radical (unpaired) electrons. The molecule has 1 fully saturated rings. The Morgan fingerprint density at radius 3 is 2.85 bits per heavy atom. The topological polar surface area (TPSA) is 96.6 Å². The minimum atomic E-state index is -0.864. The summed E-state index contributed by atoms with van der Waals surface area (Å²) in [5.74, 6) is -0.947. The first-order valence-corrected chi connectivity index (χ1v) is 6.48. The van der Waals surface area contributed by atoms with Crippen molar-refractivity contribution in [1.29, 1.82) is 0 Å². The molecule has 20 heavy (non-hydrogen) atoms. The second-order valence-electron chi connectivity index (χ2n) is 5.34. The number of nitrogens with zero attached hydrogens (tertiary/aromatic N) is 3. The predicted molar refractivity (Wildman–Crippen MR) is 72.7 cm³/mol. The number of aromatic nitrogens is 1. The van der Waals surface area contributed by atoms with Crippen LogP contribution in [0.3, 0.4) is 0 Å². The van der Waals surface area contributed by atoms with Gasteiger partial charge in [0.1, 0.15) is 0 Å². The Balaban J connectivity index is 2.38. The van der Waals surface area contributed by atoms with E-state index >= 15 is 0 Å². The van der Waals surface area contributed by atoms with Gasteiger partial charge in [0.25, 0.3) is 0 Å². The number of piperidine rings is 1. The largest absolute Gasteiger partial charge is 0.481 e. The van der Waals surface area contributed by atoms with Crippen molar-refractivity contribution in [3.63, 3.8) is 0 Å². The molecule has 0 bridgehead atoms. The molecular formula is C13H17N3O4. The summed E-state index contributed by atoms with van der Waals surface area (Å²) in [4.78, 5) is 27.8. The molecule has 1 aliphatic rings. The fourth-order valence-electron chi connectivity index (χ4n) is 2.70. The lowest BCUT2D eigenvalue weighted by molar-refractivity contribution is -0.384. The van der Waals surface area contributed by atoms with Crippen LogP contribution in [0.25, 0.3) is 0 Å². The van der Waals surface area contributed by atoms with E-state index in [0.29, 0.717) is 18.5 Å². The highest BCUT2D eigenvalue weighted by Gasteiger charge is 2.33. The van der Waals surface area contributed by atoms with E-state index < -0.39 is 16.8 Å². The van der Waals surface area contributed by atoms with E-state index in [4.69, 9.17) is 0 Å². The van der Waals surface area contributed by atoms with Crippen molar-refractivity contribution in [3.8, 4) is 0 Å². The van der Waals surface area contributed by atoms with Crippen molar-refractivity contribution >= 4 is 17.5 Å². The fraction of sp³-hybridized carbons (Fsp3) is 0.538. The van der Waals surface area contributed by atoms with E-state index in [1.807, 2.05) is 6.92 Å². The van der Waals surface area contributed by atoms with Crippen LogP contribution in [-0.4, -0.2) is 34.1 Å². The van der Waals surface area contributed by atoms with Gasteiger partial charge in [0.2, 0.25) is 5.82 Å². The van der Waals surface area contributed by atoms with E-state index in [1.165, 1.54) is 6.20 Å². The van der Waals surface area contributed by atoms with Gasteiger partial charge in [-0.15, -0.1) is 0 Å². The van der Waals surface area contributed by atoms with E-state index in [1.54, 1.807) is 17.9 Å². The van der Waals surface area contributed by atoms with Crippen molar-refractivity contribution in [3.05, 3.63) is 27.9 Å². The number of nitro groups is 1. The second kappa shape index (κ2) is 5.44. The van der Waals surface area contributed by atoms with Gasteiger partial charge in [-0.3, -0.25) is 14.9 Å². The number of carbonyl (C=O) groups is 1. The Hall–Kier alpha value is -2.18. The number of anilines is 1. The summed E-state index contributed by atoms with van der Waals surface area (Å²) in [6, 6.07) is 1.59. The van der Waals surface area contributed by atoms with Gasteiger partial charge in [-0.25, -0.2) is 4.98 Å². The number of rotatable bonds is 3. The minimum absolute atomic E-state index is 0.0364. The van der Waals surface area contributed by atoms with Gasteiger partial charge in [-0.05, 0) is 25.3 Å². The van der Waals surface area contributed by atoms with Gasteiger partial charge < -0.3 is 10.0 Å². The van der Waals surface area contributed by atoms with E-state index in [-0.39, 0.29) is 24.0 Å². The number of pyridine rings is 1. The van der Waals surface area contributed by atoms with E-state index in [0.717, 1.165) is 0 Å². The summed E-state index contributed by atoms with van der Waals surface area (Å²) >= 11 is 0. The molecule has 0 saturated carbocycles. The smallest absolute Gasteiger partial charge is 0.314 e. The number of carboxylic acid groups (broad SMARTS) is 1. The average molecular weight is 279 g/mol. The SMILES string of the molecule is Cc1ccnc(N2CC(C)CC(C(=O)O)C2)c1[N+](=O)[O-]. The number of hydrogen-bond donors (Lipinski definition) is 1. The number of aryl methyl sites for hydroxylation is 1. The van der Waals surface area contributed by atoms with Crippen LogP contribution in [0.2, 0.25) is 0 Å². The zero-order valence-electron chi connectivity index (χ0n) is 11.4. The molecular weight excluding hydrogens is 262 g/mol. The molecule has 7 nitrogen and oxygen atoms in total. The maximum atomic E-state index is 11.2. The summed E-state index contributed by atoms with van der Waals surface area (Å²) in [7, 11) is 0. The molecule has 1 aromatic heterocycles. The molecule has 1 aliphatic heterocycles. The molecule has 0 aromatic carbocycles. The fourth-order valence-corrected chi connectivity index (χ4v) is 2.70. The summed E-state index contributed by atoms with van der Waals surface area (Å²) in [6.07, 6.45) is 2.11. The molecule has 2 heterocycles. The van der Waals surface area contributed by atoms with E-state index in [9.17, 15) is 20.0 Å². The zero-order valence-corrected chi connectivity index (χ0v) is 11.4. The van der Waals surface area contributed by atoms with Crippen LogP contribution >= 0.6 is 0 Å². The third-order valence-corrected chi connectivity index (χ3v) is 3.60. The third-order valence-electron chi connectivity index (χ3n) is 3.60. The summed E-state index contributed by atoms with van der Waals surface area (Å²) in [5.41, 5.74) is 0.496. The van der Waals surface area contributed by atoms with Crippen molar-refractivity contribution in [2.45, 2.75) is 20.3 Å². The Kier molecular flexibility index (Phi) is 3.87. The van der Waals surface area contributed by atoms with Gasteiger partial charge in [0.05, 0.1) is 10.8 Å². The Morgan fingerprint density at radius 2 is 2.25 bits per heavy atom. The van der Waals surface area contributed by atoms with Gasteiger partial charge in [-0.1, -0.05) is 6.92 Å². The maximum absolute atomic E-state index is 11.2. The standard InChI is InChI=1S/C13H17N3O4/c1-8-5-10(13(17)18)7-15(6-8)12-11(16(19)20)9(2)3-4-14-12/h3-4,8,10H,5-7H2,1-2H3,(H,17,18). The highest BCUT2D eigenvalue weighted by molar-refractivity contribution is 5.72. The molecule has 2 rings (SSSR count). The molecule has 7 heteroatoms. The monoisotopic (exact) mass is 279 g/mol. The van der Waals surface area contributed by atoms with Crippen LogP contribution in [0.4, 0.5) is 11.5 Å². The minimum Gasteiger partial charge on any atom is -0.481 e. The molecule has 2 unspecified atom stereocenters. The van der Waals surface area contributed by atoms with Crippen molar-refractivity contribution < 1.29 is 14.8 Å². The molecule has 2 atom stereocenters. The molecule has 1 saturated heterocycles. The van der Waals surface area contributed by atoms with Crippen molar-refractivity contribution in [2.24, 2.45) is 11.8 Å². The van der Waals surface area contributed by atoms with Crippen LogP contribution in [0, 0.1) is 28.9 Å². The highest BCUT2D eigenvalue weighted by Crippen LogP contribution is 2.33. The first-order valence-electron chi connectivity index (χ1n) is 6.48. The number of hydrogen-bond acceptors (Lipinski definition) is 5. The van der Waals surface area contributed by atoms with Gasteiger partial charge in [0.15, 0.2) is 0 Å². The molecule has 0 spiro atoms. The highest BCUT2D eigenvalue weighted by atomic mass is 16.6. The summed E-state index contributed by atoms with van der Waals surface area (Å²) < 4.78 is 0. The number of aliphatic carboxylic acids is 1. The summed E-state index contributed by atoms with van der Waals surface area (Å²) in [5, 5.41) is 20.4. The second-order valence-corrected chi connectivity index (χ2v) is 5.34. The van der Waals surface area contributed by atoms with Gasteiger partial charge in [-0.2, -0.15) is 0 Å². The predicted octanol–water partition coefficient (Wildman–Crippen LogP) is 1.85. The van der Waals surface area contributed by atoms with Crippen LogP contribution in [0.1, 0.15) is 18.9 Å². The van der Waals surface area contributed by atoms with Crippen LogP contribution in [0.5, 0.6) is 0 Å². The Morgan fingerprint density at radius 1 is 1.55 bits per heavy atom. The maximum Gasteiger partial charge on any atom is 0.314 e. The van der Waals surface area contributed by atoms with Crippen LogP contribution < -0.4 is 4.90 Å². The van der Waals surface area contributed by atoms with Crippen molar-refractivity contribution in [1.82, 2.24) is 4.98 Å². The quantitative estimate of drug-likeness (QED) is 0.670. The first-order chi connectivity index (χ1) is 9.40. The summed E-state index contributed by atoms with van der Waals surface area (Å²) in [6.45, 7) is 4.45. The Bertz CT molecular complexity index is 546. The third kappa shape index (κ3) is 2.71. The number of carboxylic acids is 1.